The molecule has 0 bridgehead atoms. The Balaban J connectivity index is 1.09. The summed E-state index contributed by atoms with van der Waals surface area (Å²) in [7, 11) is 1.96. The van der Waals surface area contributed by atoms with Gasteiger partial charge in [0.2, 0.25) is 11.9 Å². The number of anilines is 1. The monoisotopic (exact) mass is 436 g/mol. The number of hydrogen-bond acceptors (Lipinski definition) is 6. The quantitative estimate of drug-likeness (QED) is 0.588. The van der Waals surface area contributed by atoms with Gasteiger partial charge in [0, 0.05) is 57.1 Å². The molecule has 0 aliphatic carbocycles. The first kappa shape index (κ1) is 22.7. The van der Waals surface area contributed by atoms with E-state index < -0.39 is 0 Å². The van der Waals surface area contributed by atoms with Crippen molar-refractivity contribution in [1.82, 2.24) is 25.7 Å². The van der Waals surface area contributed by atoms with Crippen LogP contribution in [0.4, 0.5) is 5.95 Å². The number of benzene rings is 1. The van der Waals surface area contributed by atoms with Gasteiger partial charge in [-0.25, -0.2) is 9.97 Å². The Labute approximate surface area is 191 Å². The summed E-state index contributed by atoms with van der Waals surface area (Å²) in [4.78, 5) is 25.6. The third kappa shape index (κ3) is 6.04. The van der Waals surface area contributed by atoms with Crippen LogP contribution >= 0.6 is 0 Å². The first-order chi connectivity index (χ1) is 15.7. The van der Waals surface area contributed by atoms with Crippen LogP contribution in [0.3, 0.4) is 0 Å². The lowest BCUT2D eigenvalue weighted by atomic mass is 9.95. The highest BCUT2D eigenvalue weighted by molar-refractivity contribution is 5.78. The summed E-state index contributed by atoms with van der Waals surface area (Å²) in [6.07, 6.45) is 11.0. The topological polar surface area (TPSA) is 73.4 Å². The number of aromatic nitrogens is 2. The second-order valence-electron chi connectivity index (χ2n) is 9.10. The number of hydrazine groups is 1. The summed E-state index contributed by atoms with van der Waals surface area (Å²) in [6, 6.07) is 13.4. The molecule has 3 heterocycles. The molecular weight excluding hydrogens is 400 g/mol. The van der Waals surface area contributed by atoms with E-state index in [1.807, 2.05) is 18.0 Å². The van der Waals surface area contributed by atoms with Crippen LogP contribution in [0, 0.1) is 5.92 Å². The van der Waals surface area contributed by atoms with E-state index in [0.29, 0.717) is 18.0 Å². The summed E-state index contributed by atoms with van der Waals surface area (Å²) < 4.78 is 0. The van der Waals surface area contributed by atoms with Gasteiger partial charge < -0.3 is 9.80 Å². The molecule has 1 amide bonds. The average molecular weight is 437 g/mol. The molecule has 172 valence electrons. The summed E-state index contributed by atoms with van der Waals surface area (Å²) in [6.45, 7) is 2.55. The summed E-state index contributed by atoms with van der Waals surface area (Å²) in [5.74, 6) is 1.20. The summed E-state index contributed by atoms with van der Waals surface area (Å²) >= 11 is 0. The van der Waals surface area contributed by atoms with Crippen LogP contribution in [0.5, 0.6) is 0 Å². The Bertz CT molecular complexity index is 825. The number of rotatable bonds is 9. The van der Waals surface area contributed by atoms with Gasteiger partial charge in [0.25, 0.3) is 0 Å². The molecule has 2 atom stereocenters. The van der Waals surface area contributed by atoms with Crippen LogP contribution in [0.1, 0.15) is 56.6 Å². The Kier molecular flexibility index (Phi) is 8.07. The van der Waals surface area contributed by atoms with Gasteiger partial charge >= 0.3 is 0 Å². The number of nitrogens with one attached hydrogen (secondary N) is 2. The largest absolute Gasteiger partial charge is 0.346 e. The van der Waals surface area contributed by atoms with E-state index in [9.17, 15) is 4.79 Å². The highest BCUT2D eigenvalue weighted by Gasteiger charge is 2.28. The normalized spacial score (nSPS) is 21.6. The zero-order valence-corrected chi connectivity index (χ0v) is 19.1. The molecule has 2 N–H and O–H groups in total. The van der Waals surface area contributed by atoms with E-state index >= 15 is 0 Å². The van der Waals surface area contributed by atoms with Gasteiger partial charge in [-0.05, 0) is 43.7 Å². The molecule has 32 heavy (non-hydrogen) atoms. The SMILES string of the molecule is CN(CCCCCC1CC(c2ccccc2)NN1)C(=O)C1CCN(c2ncccn2)CC1. The first-order valence-electron chi connectivity index (χ1n) is 12.0. The molecule has 2 aliphatic heterocycles. The van der Waals surface area contributed by atoms with Gasteiger partial charge in [-0.15, -0.1) is 0 Å². The molecule has 2 unspecified atom stereocenters. The molecule has 4 rings (SSSR count). The first-order valence-corrected chi connectivity index (χ1v) is 12.0. The maximum atomic E-state index is 12.8. The van der Waals surface area contributed by atoms with Crippen molar-refractivity contribution in [2.75, 3.05) is 31.6 Å². The maximum Gasteiger partial charge on any atom is 0.225 e. The minimum Gasteiger partial charge on any atom is -0.346 e. The number of carbonyl (C=O) groups is 1. The van der Waals surface area contributed by atoms with E-state index in [0.717, 1.165) is 57.7 Å². The molecule has 1 aromatic carbocycles. The Morgan fingerprint density at radius 1 is 1.03 bits per heavy atom. The van der Waals surface area contributed by atoms with Crippen molar-refractivity contribution in [2.45, 2.75) is 57.0 Å². The van der Waals surface area contributed by atoms with Gasteiger partial charge in [0.05, 0.1) is 0 Å². The van der Waals surface area contributed by atoms with E-state index in [4.69, 9.17) is 0 Å². The molecule has 0 radical (unpaired) electrons. The molecule has 2 aliphatic rings. The molecule has 0 spiro atoms. The summed E-state index contributed by atoms with van der Waals surface area (Å²) in [5.41, 5.74) is 8.24. The molecule has 7 nitrogen and oxygen atoms in total. The second kappa shape index (κ2) is 11.4. The smallest absolute Gasteiger partial charge is 0.225 e. The zero-order valence-electron chi connectivity index (χ0n) is 19.1. The Morgan fingerprint density at radius 3 is 2.53 bits per heavy atom. The van der Waals surface area contributed by atoms with Crippen LogP contribution < -0.4 is 15.8 Å². The molecule has 0 saturated carbocycles. The van der Waals surface area contributed by atoms with Crippen LogP contribution in [0.2, 0.25) is 0 Å². The van der Waals surface area contributed by atoms with E-state index in [2.05, 4.69) is 56.1 Å². The van der Waals surface area contributed by atoms with Gasteiger partial charge in [-0.1, -0.05) is 43.2 Å². The number of piperidine rings is 1. The average Bonchev–Trinajstić information content (AvgIpc) is 3.33. The lowest BCUT2D eigenvalue weighted by molar-refractivity contribution is -0.134. The van der Waals surface area contributed by atoms with Gasteiger partial charge in [-0.3, -0.25) is 15.6 Å². The number of amides is 1. The number of carbonyl (C=O) groups excluding carboxylic acids is 1. The van der Waals surface area contributed by atoms with E-state index in [1.54, 1.807) is 12.4 Å². The number of hydrogen-bond donors (Lipinski definition) is 2. The van der Waals surface area contributed by atoms with Gasteiger partial charge in [0.1, 0.15) is 0 Å². The fraction of sp³-hybridized carbons (Fsp3) is 0.560. The highest BCUT2D eigenvalue weighted by Crippen LogP contribution is 2.25. The predicted octanol–water partition coefficient (Wildman–Crippen LogP) is 3.32. The third-order valence-corrected chi connectivity index (χ3v) is 6.79. The lowest BCUT2D eigenvalue weighted by Crippen LogP contribution is -2.42. The molecule has 2 saturated heterocycles. The minimum absolute atomic E-state index is 0.128. The van der Waals surface area contributed by atoms with Gasteiger partial charge in [-0.2, -0.15) is 0 Å². The molecule has 2 fully saturated rings. The maximum absolute atomic E-state index is 12.8. The fourth-order valence-corrected chi connectivity index (χ4v) is 4.83. The third-order valence-electron chi connectivity index (χ3n) is 6.79. The van der Waals surface area contributed by atoms with Crippen LogP contribution in [0.25, 0.3) is 0 Å². The number of nitrogens with zero attached hydrogens (tertiary/aromatic N) is 4. The Hall–Kier alpha value is -2.51. The van der Waals surface area contributed by atoms with Crippen LogP contribution in [0.15, 0.2) is 48.8 Å². The number of unbranched alkanes of at least 4 members (excludes halogenated alkanes) is 2. The van der Waals surface area contributed by atoms with Crippen molar-refractivity contribution in [1.29, 1.82) is 0 Å². The highest BCUT2D eigenvalue weighted by atomic mass is 16.2. The van der Waals surface area contributed by atoms with Gasteiger partial charge in [0.15, 0.2) is 0 Å². The minimum atomic E-state index is 0.128. The van der Waals surface area contributed by atoms with Crippen molar-refractivity contribution >= 4 is 11.9 Å². The van der Waals surface area contributed by atoms with Crippen LogP contribution in [-0.4, -0.2) is 53.5 Å². The predicted molar refractivity (Wildman–Crippen MR) is 127 cm³/mol. The lowest BCUT2D eigenvalue weighted by Gasteiger charge is -2.33. The van der Waals surface area contributed by atoms with E-state index in [1.165, 1.54) is 18.4 Å². The molecule has 1 aromatic heterocycles. The summed E-state index contributed by atoms with van der Waals surface area (Å²) in [5, 5.41) is 0. The van der Waals surface area contributed by atoms with Crippen molar-refractivity contribution in [3.05, 3.63) is 54.4 Å². The standard InChI is InChI=1S/C25H36N6O/c1-30(24(32)21-12-17-31(18-13-21)25-26-14-8-15-27-25)16-7-3-6-11-22-19-23(29-28-22)20-9-4-2-5-10-20/h2,4-5,8-10,14-15,21-23,28-29H,3,6-7,11-13,16-19H2,1H3. The van der Waals surface area contributed by atoms with E-state index in [-0.39, 0.29) is 5.92 Å². The molecule has 7 heteroatoms. The van der Waals surface area contributed by atoms with Crippen molar-refractivity contribution < 1.29 is 4.79 Å². The van der Waals surface area contributed by atoms with Crippen molar-refractivity contribution in [3.63, 3.8) is 0 Å². The Morgan fingerprint density at radius 2 is 1.78 bits per heavy atom. The molecule has 2 aromatic rings. The zero-order chi connectivity index (χ0) is 22.2. The fourth-order valence-electron chi connectivity index (χ4n) is 4.83. The van der Waals surface area contributed by atoms with Crippen molar-refractivity contribution in [3.8, 4) is 0 Å². The second-order valence-corrected chi connectivity index (χ2v) is 9.10. The molecular formula is C25H36N6O. The van der Waals surface area contributed by atoms with Crippen molar-refractivity contribution in [2.24, 2.45) is 5.92 Å². The van der Waals surface area contributed by atoms with Crippen LogP contribution in [-0.2, 0) is 4.79 Å².